The van der Waals surface area contributed by atoms with Gasteiger partial charge in [-0.1, -0.05) is 29.8 Å². The van der Waals surface area contributed by atoms with E-state index in [0.717, 1.165) is 10.6 Å². The van der Waals surface area contributed by atoms with Crippen LogP contribution >= 0.6 is 11.6 Å². The van der Waals surface area contributed by atoms with E-state index >= 15 is 0 Å². The number of amides is 1. The molecule has 0 aliphatic carbocycles. The van der Waals surface area contributed by atoms with Crippen LogP contribution in [0.2, 0.25) is 5.02 Å². The summed E-state index contributed by atoms with van der Waals surface area (Å²) in [5, 5.41) is 2.75. The third kappa shape index (κ3) is 6.40. The van der Waals surface area contributed by atoms with Crippen LogP contribution in [-0.2, 0) is 24.8 Å². The van der Waals surface area contributed by atoms with Gasteiger partial charge >= 0.3 is 0 Å². The quantitative estimate of drug-likeness (QED) is 0.442. The van der Waals surface area contributed by atoms with Crippen LogP contribution in [0.15, 0.2) is 77.7 Å². The van der Waals surface area contributed by atoms with Crippen molar-refractivity contribution in [3.05, 3.63) is 77.8 Å². The SMILES string of the molecule is COc1ccc(N(CC(=O)Nc2ccc(S(=O)(=O)Nc3ccccc3)cc2)S(C)(=O)=O)cc1Cl. The van der Waals surface area contributed by atoms with Crippen molar-refractivity contribution in [2.24, 2.45) is 0 Å². The Hall–Kier alpha value is -3.28. The molecular formula is C22H22ClN3O6S2. The van der Waals surface area contributed by atoms with Crippen molar-refractivity contribution in [3.63, 3.8) is 0 Å². The Morgan fingerprint density at radius 2 is 1.59 bits per heavy atom. The van der Waals surface area contributed by atoms with E-state index in [4.69, 9.17) is 16.3 Å². The number of nitrogens with one attached hydrogen (secondary N) is 2. The lowest BCUT2D eigenvalue weighted by molar-refractivity contribution is -0.114. The Morgan fingerprint density at radius 1 is 0.941 bits per heavy atom. The second-order valence-corrected chi connectivity index (χ2v) is 11.1. The van der Waals surface area contributed by atoms with E-state index in [1.807, 2.05) is 0 Å². The number of ether oxygens (including phenoxy) is 1. The van der Waals surface area contributed by atoms with Crippen LogP contribution in [0.4, 0.5) is 17.1 Å². The Bertz CT molecular complexity index is 1380. The topological polar surface area (TPSA) is 122 Å². The van der Waals surface area contributed by atoms with Crippen molar-refractivity contribution in [2.75, 3.05) is 34.3 Å². The summed E-state index contributed by atoms with van der Waals surface area (Å²) in [5.74, 6) is -0.268. The fraction of sp³-hybridized carbons (Fsp3) is 0.136. The summed E-state index contributed by atoms with van der Waals surface area (Å²) < 4.78 is 58.1. The monoisotopic (exact) mass is 523 g/mol. The first-order valence-corrected chi connectivity index (χ1v) is 13.5. The van der Waals surface area contributed by atoms with Crippen LogP contribution in [0, 0.1) is 0 Å². The number of halogens is 1. The lowest BCUT2D eigenvalue weighted by Crippen LogP contribution is -2.37. The Labute approximate surface area is 203 Å². The molecule has 9 nitrogen and oxygen atoms in total. The van der Waals surface area contributed by atoms with Crippen LogP contribution in [0.1, 0.15) is 0 Å². The molecule has 0 saturated heterocycles. The molecule has 0 radical (unpaired) electrons. The average Bonchev–Trinajstić information content (AvgIpc) is 2.77. The second-order valence-electron chi connectivity index (χ2n) is 7.13. The molecule has 3 aromatic rings. The lowest BCUT2D eigenvalue weighted by atomic mass is 10.3. The van der Waals surface area contributed by atoms with E-state index in [1.165, 1.54) is 49.6 Å². The Kier molecular flexibility index (Phi) is 7.70. The zero-order valence-corrected chi connectivity index (χ0v) is 20.6. The Morgan fingerprint density at radius 3 is 2.15 bits per heavy atom. The van der Waals surface area contributed by atoms with Gasteiger partial charge in [-0.2, -0.15) is 0 Å². The van der Waals surface area contributed by atoms with E-state index in [-0.39, 0.29) is 15.6 Å². The number of nitrogens with zero attached hydrogens (tertiary/aromatic N) is 1. The molecule has 34 heavy (non-hydrogen) atoms. The highest BCUT2D eigenvalue weighted by atomic mass is 35.5. The maximum atomic E-state index is 12.6. The van der Waals surface area contributed by atoms with Gasteiger partial charge in [-0.25, -0.2) is 16.8 Å². The highest BCUT2D eigenvalue weighted by molar-refractivity contribution is 7.92. The smallest absolute Gasteiger partial charge is 0.261 e. The highest BCUT2D eigenvalue weighted by Crippen LogP contribution is 2.30. The number of anilines is 3. The molecule has 3 rings (SSSR count). The molecule has 1 amide bonds. The molecule has 0 spiro atoms. The summed E-state index contributed by atoms with van der Waals surface area (Å²) in [4.78, 5) is 12.6. The summed E-state index contributed by atoms with van der Waals surface area (Å²) in [5.41, 5.74) is 0.904. The molecule has 0 aliphatic rings. The standard InChI is InChI=1S/C22H22ClN3O6S2/c1-32-21-13-10-18(14-20(21)23)26(33(2,28)29)15-22(27)24-16-8-11-19(12-9-16)34(30,31)25-17-6-4-3-5-7-17/h3-14,25H,15H2,1-2H3,(H,24,27). The van der Waals surface area contributed by atoms with Gasteiger partial charge in [0.1, 0.15) is 12.3 Å². The minimum absolute atomic E-state index is 0.00000995. The van der Waals surface area contributed by atoms with Crippen molar-refractivity contribution in [1.82, 2.24) is 0 Å². The van der Waals surface area contributed by atoms with Gasteiger partial charge in [-0.3, -0.25) is 13.8 Å². The Balaban J connectivity index is 1.72. The van der Waals surface area contributed by atoms with Gasteiger partial charge in [0, 0.05) is 11.4 Å². The molecule has 180 valence electrons. The van der Waals surface area contributed by atoms with Gasteiger partial charge in [0.05, 0.1) is 29.0 Å². The molecule has 0 aliphatic heterocycles. The summed E-state index contributed by atoms with van der Waals surface area (Å²) in [7, 11) is -6.20. The number of hydrogen-bond acceptors (Lipinski definition) is 6. The first kappa shape index (κ1) is 25.3. The molecule has 3 aromatic carbocycles. The number of carbonyl (C=O) groups excluding carboxylic acids is 1. The van der Waals surface area contributed by atoms with Crippen molar-refractivity contribution >= 4 is 54.6 Å². The van der Waals surface area contributed by atoms with E-state index < -0.39 is 32.5 Å². The number of benzene rings is 3. The number of carbonyl (C=O) groups is 1. The molecular weight excluding hydrogens is 502 g/mol. The largest absolute Gasteiger partial charge is 0.495 e. The van der Waals surface area contributed by atoms with Crippen LogP contribution in [0.5, 0.6) is 5.75 Å². The van der Waals surface area contributed by atoms with Gasteiger partial charge < -0.3 is 10.1 Å². The van der Waals surface area contributed by atoms with Crippen LogP contribution in [0.25, 0.3) is 0 Å². The number of para-hydroxylation sites is 1. The van der Waals surface area contributed by atoms with Crippen molar-refractivity contribution < 1.29 is 26.4 Å². The molecule has 0 heterocycles. The minimum atomic E-state index is -3.82. The van der Waals surface area contributed by atoms with Gasteiger partial charge in [-0.05, 0) is 54.6 Å². The second kappa shape index (κ2) is 10.3. The fourth-order valence-corrected chi connectivity index (χ4v) is 5.14. The predicted octanol–water partition coefficient (Wildman–Crippen LogP) is 3.55. The predicted molar refractivity (Wildman–Crippen MR) is 133 cm³/mol. The molecule has 0 bridgehead atoms. The van der Waals surface area contributed by atoms with Crippen LogP contribution in [-0.4, -0.2) is 42.7 Å². The first-order chi connectivity index (χ1) is 16.0. The van der Waals surface area contributed by atoms with Gasteiger partial charge in [0.15, 0.2) is 0 Å². The molecule has 0 unspecified atom stereocenters. The maximum absolute atomic E-state index is 12.6. The molecule has 0 aromatic heterocycles. The van der Waals surface area contributed by atoms with Crippen LogP contribution < -0.4 is 19.1 Å². The van der Waals surface area contributed by atoms with Gasteiger partial charge in [-0.15, -0.1) is 0 Å². The van der Waals surface area contributed by atoms with Gasteiger partial charge in [0.25, 0.3) is 10.0 Å². The normalized spacial score (nSPS) is 11.5. The third-order valence-electron chi connectivity index (χ3n) is 4.59. The number of methoxy groups -OCH3 is 1. The molecule has 0 fully saturated rings. The number of hydrogen-bond donors (Lipinski definition) is 2. The summed E-state index contributed by atoms with van der Waals surface area (Å²) in [6.45, 7) is -0.517. The van der Waals surface area contributed by atoms with E-state index in [9.17, 15) is 21.6 Å². The van der Waals surface area contributed by atoms with Crippen molar-refractivity contribution in [2.45, 2.75) is 4.90 Å². The molecule has 0 saturated carbocycles. The molecule has 12 heteroatoms. The fourth-order valence-electron chi connectivity index (χ4n) is 2.98. The minimum Gasteiger partial charge on any atom is -0.495 e. The third-order valence-corrected chi connectivity index (χ3v) is 7.42. The summed E-state index contributed by atoms with van der Waals surface area (Å²) >= 11 is 6.09. The molecule has 2 N–H and O–H groups in total. The van der Waals surface area contributed by atoms with E-state index in [2.05, 4.69) is 10.0 Å². The number of rotatable bonds is 9. The summed E-state index contributed by atoms with van der Waals surface area (Å²) in [6.07, 6.45) is 0.970. The highest BCUT2D eigenvalue weighted by Gasteiger charge is 2.22. The number of sulfonamides is 2. The maximum Gasteiger partial charge on any atom is 0.261 e. The lowest BCUT2D eigenvalue weighted by Gasteiger charge is -2.22. The van der Waals surface area contributed by atoms with Crippen LogP contribution in [0.3, 0.4) is 0 Å². The zero-order valence-electron chi connectivity index (χ0n) is 18.2. The zero-order chi connectivity index (χ0) is 24.9. The van der Waals surface area contributed by atoms with Gasteiger partial charge in [0.2, 0.25) is 15.9 Å². The van der Waals surface area contributed by atoms with Crippen molar-refractivity contribution in [1.29, 1.82) is 0 Å². The first-order valence-electron chi connectivity index (χ1n) is 9.78. The van der Waals surface area contributed by atoms with E-state index in [0.29, 0.717) is 17.1 Å². The summed E-state index contributed by atoms with van der Waals surface area (Å²) in [6, 6.07) is 18.2. The van der Waals surface area contributed by atoms with Crippen molar-refractivity contribution in [3.8, 4) is 5.75 Å². The molecule has 0 atom stereocenters. The van der Waals surface area contributed by atoms with E-state index in [1.54, 1.807) is 30.3 Å². The average molecular weight is 524 g/mol.